The smallest absolute Gasteiger partial charge is 0.0543 e. The summed E-state index contributed by atoms with van der Waals surface area (Å²) in [7, 11) is 0. The Labute approximate surface area is 287 Å². The third kappa shape index (κ3) is 4.06. The molecular formula is C48H33N. The SMILES string of the molecule is CC1(c2ccccc2)c2ccccc2-c2c(N(c3ccc(-c4ccccc4)cc3)c3ccc4c(c3)-c3cccc5cccc-4c35)cccc21. The van der Waals surface area contributed by atoms with Crippen LogP contribution in [0.3, 0.4) is 0 Å². The molecule has 0 saturated carbocycles. The van der Waals surface area contributed by atoms with Gasteiger partial charge in [-0.05, 0) is 104 Å². The van der Waals surface area contributed by atoms with Crippen LogP contribution in [0.15, 0.2) is 182 Å². The Bertz CT molecular complexity index is 2540. The Morgan fingerprint density at radius 1 is 0.408 bits per heavy atom. The second-order valence-electron chi connectivity index (χ2n) is 13.4. The first-order chi connectivity index (χ1) is 24.2. The molecule has 0 saturated heterocycles. The highest BCUT2D eigenvalue weighted by molar-refractivity contribution is 6.15. The Morgan fingerprint density at radius 2 is 1.00 bits per heavy atom. The summed E-state index contributed by atoms with van der Waals surface area (Å²) in [6.45, 7) is 2.39. The van der Waals surface area contributed by atoms with E-state index in [1.54, 1.807) is 0 Å². The zero-order valence-corrected chi connectivity index (χ0v) is 27.3. The van der Waals surface area contributed by atoms with E-state index in [1.807, 2.05) is 0 Å². The average Bonchev–Trinajstić information content (AvgIpc) is 3.64. The first-order valence-electron chi connectivity index (χ1n) is 17.1. The van der Waals surface area contributed by atoms with Gasteiger partial charge in [0.05, 0.1) is 5.69 Å². The third-order valence-corrected chi connectivity index (χ3v) is 10.9. The van der Waals surface area contributed by atoms with Gasteiger partial charge in [0.1, 0.15) is 0 Å². The van der Waals surface area contributed by atoms with Crippen molar-refractivity contribution in [2.45, 2.75) is 12.3 Å². The van der Waals surface area contributed by atoms with Crippen LogP contribution in [-0.2, 0) is 5.41 Å². The molecule has 230 valence electrons. The van der Waals surface area contributed by atoms with Gasteiger partial charge in [0.25, 0.3) is 0 Å². The Kier molecular flexibility index (Phi) is 6.07. The lowest BCUT2D eigenvalue weighted by Crippen LogP contribution is -2.22. The standard InChI is InChI=1S/C48H33N/c1-48(35-17-6-3-7-18-35)43-22-9-8-19-41(43)47-44(48)23-12-24-45(47)49(36-27-25-33(26-28-36)32-13-4-2-5-14-32)37-29-30-38-39-20-10-15-34-16-11-21-40(46(34)39)42(38)31-37/h2-31H,1H3. The summed E-state index contributed by atoms with van der Waals surface area (Å²) in [5.41, 5.74) is 17.4. The first-order valence-corrected chi connectivity index (χ1v) is 17.1. The van der Waals surface area contributed by atoms with E-state index in [4.69, 9.17) is 0 Å². The van der Waals surface area contributed by atoms with Crippen molar-refractivity contribution >= 4 is 27.8 Å². The lowest BCUT2D eigenvalue weighted by Gasteiger charge is -2.31. The minimum atomic E-state index is -0.277. The fraction of sp³-hybridized carbons (Fsp3) is 0.0417. The lowest BCUT2D eigenvalue weighted by atomic mass is 9.74. The molecule has 8 aromatic carbocycles. The normalized spacial score (nSPS) is 15.1. The van der Waals surface area contributed by atoms with Crippen LogP contribution >= 0.6 is 0 Å². The summed E-state index contributed by atoms with van der Waals surface area (Å²) < 4.78 is 0. The highest BCUT2D eigenvalue weighted by atomic mass is 15.1. The molecule has 0 aliphatic heterocycles. The van der Waals surface area contributed by atoms with Crippen LogP contribution in [0, 0.1) is 0 Å². The summed E-state index contributed by atoms with van der Waals surface area (Å²) in [6, 6.07) is 67.0. The van der Waals surface area contributed by atoms with Crippen molar-refractivity contribution in [2.75, 3.05) is 4.90 Å². The number of anilines is 3. The molecule has 0 heterocycles. The van der Waals surface area contributed by atoms with Gasteiger partial charge in [-0.25, -0.2) is 0 Å². The van der Waals surface area contributed by atoms with Gasteiger partial charge in [-0.3, -0.25) is 0 Å². The number of hydrogen-bond donors (Lipinski definition) is 0. The zero-order valence-electron chi connectivity index (χ0n) is 27.3. The van der Waals surface area contributed by atoms with Gasteiger partial charge in [0.15, 0.2) is 0 Å². The molecule has 2 aliphatic rings. The maximum atomic E-state index is 2.48. The average molecular weight is 624 g/mol. The molecular weight excluding hydrogens is 591 g/mol. The largest absolute Gasteiger partial charge is 0.310 e. The molecule has 0 amide bonds. The Hall–Kier alpha value is -6.18. The van der Waals surface area contributed by atoms with Crippen molar-refractivity contribution < 1.29 is 0 Å². The highest BCUT2D eigenvalue weighted by Crippen LogP contribution is 2.57. The lowest BCUT2D eigenvalue weighted by molar-refractivity contribution is 0.714. The monoisotopic (exact) mass is 623 g/mol. The van der Waals surface area contributed by atoms with Crippen LogP contribution in [0.1, 0.15) is 23.6 Å². The van der Waals surface area contributed by atoms with E-state index >= 15 is 0 Å². The third-order valence-electron chi connectivity index (χ3n) is 10.9. The maximum absolute atomic E-state index is 2.48. The summed E-state index contributed by atoms with van der Waals surface area (Å²) in [5.74, 6) is 0. The van der Waals surface area contributed by atoms with E-state index in [0.29, 0.717) is 0 Å². The molecule has 0 radical (unpaired) electrons. The van der Waals surface area contributed by atoms with Crippen molar-refractivity contribution in [1.82, 2.24) is 0 Å². The minimum absolute atomic E-state index is 0.277. The van der Waals surface area contributed by atoms with Crippen LogP contribution in [0.4, 0.5) is 17.1 Å². The molecule has 49 heavy (non-hydrogen) atoms. The van der Waals surface area contributed by atoms with E-state index in [0.717, 1.165) is 11.4 Å². The van der Waals surface area contributed by atoms with Crippen molar-refractivity contribution in [1.29, 1.82) is 0 Å². The van der Waals surface area contributed by atoms with Crippen molar-refractivity contribution in [3.05, 3.63) is 199 Å². The number of benzene rings is 8. The van der Waals surface area contributed by atoms with Crippen molar-refractivity contribution in [3.8, 4) is 44.5 Å². The fourth-order valence-corrected chi connectivity index (χ4v) is 8.57. The van der Waals surface area contributed by atoms with Gasteiger partial charge in [0.2, 0.25) is 0 Å². The number of hydrogen-bond acceptors (Lipinski definition) is 1. The molecule has 1 unspecified atom stereocenters. The fourth-order valence-electron chi connectivity index (χ4n) is 8.57. The predicted octanol–water partition coefficient (Wildman–Crippen LogP) is 13.0. The van der Waals surface area contributed by atoms with Crippen LogP contribution in [0.25, 0.3) is 55.3 Å². The number of nitrogens with zero attached hydrogens (tertiary/aromatic N) is 1. The van der Waals surface area contributed by atoms with Gasteiger partial charge in [0, 0.05) is 22.4 Å². The van der Waals surface area contributed by atoms with Crippen LogP contribution < -0.4 is 4.90 Å². The molecule has 0 aromatic heterocycles. The topological polar surface area (TPSA) is 3.24 Å². The molecule has 1 atom stereocenters. The number of rotatable bonds is 5. The van der Waals surface area contributed by atoms with Crippen molar-refractivity contribution in [3.63, 3.8) is 0 Å². The molecule has 0 N–H and O–H groups in total. The molecule has 2 aliphatic carbocycles. The zero-order chi connectivity index (χ0) is 32.5. The van der Waals surface area contributed by atoms with E-state index in [9.17, 15) is 0 Å². The van der Waals surface area contributed by atoms with Gasteiger partial charge in [-0.1, -0.05) is 152 Å². The quantitative estimate of drug-likeness (QED) is 0.184. The van der Waals surface area contributed by atoms with Gasteiger partial charge in [-0.2, -0.15) is 0 Å². The first kappa shape index (κ1) is 27.9. The second kappa shape index (κ2) is 10.7. The van der Waals surface area contributed by atoms with E-state index in [-0.39, 0.29) is 5.41 Å². The molecule has 1 heteroatoms. The Morgan fingerprint density at radius 3 is 1.78 bits per heavy atom. The Balaban J connectivity index is 1.22. The van der Waals surface area contributed by atoms with Gasteiger partial charge in [-0.15, -0.1) is 0 Å². The van der Waals surface area contributed by atoms with Crippen LogP contribution in [0.2, 0.25) is 0 Å². The molecule has 0 spiro atoms. The molecule has 0 bridgehead atoms. The summed E-state index contributed by atoms with van der Waals surface area (Å²) in [6.07, 6.45) is 0. The summed E-state index contributed by atoms with van der Waals surface area (Å²) in [5, 5.41) is 2.64. The maximum Gasteiger partial charge on any atom is 0.0543 e. The molecule has 8 aromatic rings. The van der Waals surface area contributed by atoms with E-state index in [2.05, 4.69) is 194 Å². The van der Waals surface area contributed by atoms with Gasteiger partial charge < -0.3 is 4.90 Å². The van der Waals surface area contributed by atoms with Crippen molar-refractivity contribution in [2.24, 2.45) is 0 Å². The van der Waals surface area contributed by atoms with E-state index < -0.39 is 0 Å². The molecule has 1 nitrogen and oxygen atoms in total. The second-order valence-corrected chi connectivity index (χ2v) is 13.4. The summed E-state index contributed by atoms with van der Waals surface area (Å²) in [4.78, 5) is 2.48. The highest BCUT2D eigenvalue weighted by Gasteiger charge is 2.42. The van der Waals surface area contributed by atoms with Crippen LogP contribution in [-0.4, -0.2) is 0 Å². The van der Waals surface area contributed by atoms with Crippen LogP contribution in [0.5, 0.6) is 0 Å². The molecule has 10 rings (SSSR count). The summed E-state index contributed by atoms with van der Waals surface area (Å²) >= 11 is 0. The van der Waals surface area contributed by atoms with E-state index in [1.165, 1.54) is 77.7 Å². The van der Waals surface area contributed by atoms with Gasteiger partial charge >= 0.3 is 0 Å². The minimum Gasteiger partial charge on any atom is -0.310 e. The molecule has 0 fully saturated rings. The number of fused-ring (bicyclic) bond motifs is 6. The predicted molar refractivity (Wildman–Crippen MR) is 206 cm³/mol.